The van der Waals surface area contributed by atoms with Gasteiger partial charge in [0.2, 0.25) is 0 Å². The molecule has 0 spiro atoms. The quantitative estimate of drug-likeness (QED) is 0.370. The van der Waals surface area contributed by atoms with E-state index >= 15 is 0 Å². The summed E-state index contributed by atoms with van der Waals surface area (Å²) in [5.74, 6) is 0.376. The van der Waals surface area contributed by atoms with Crippen LogP contribution >= 0.6 is 11.6 Å². The van der Waals surface area contributed by atoms with E-state index in [9.17, 15) is 26.9 Å². The maximum Gasteiger partial charge on any atom is 0.289 e. The number of hydrogen-bond donors (Lipinski definition) is 0. The van der Waals surface area contributed by atoms with E-state index < -0.39 is 35.6 Å². The van der Waals surface area contributed by atoms with E-state index in [0.29, 0.717) is 5.75 Å². The first-order chi connectivity index (χ1) is 14.6. The molecule has 3 aromatic rings. The molecule has 3 rings (SSSR count). The molecule has 12 heteroatoms. The van der Waals surface area contributed by atoms with Gasteiger partial charge in [0.1, 0.15) is 10.8 Å². The molecule has 0 N–H and O–H groups in total. The number of anilines is 1. The van der Waals surface area contributed by atoms with Crippen LogP contribution in [-0.2, 0) is 20.0 Å². The van der Waals surface area contributed by atoms with Crippen LogP contribution in [0.3, 0.4) is 0 Å². The molecule has 0 heterocycles. The Morgan fingerprint density at radius 1 is 0.871 bits per heavy atom. The lowest BCUT2D eigenvalue weighted by Gasteiger charge is -2.24. The van der Waals surface area contributed by atoms with Crippen LogP contribution in [-0.4, -0.2) is 28.9 Å². The number of nitro benzene ring substituents is 1. The van der Waals surface area contributed by atoms with Crippen molar-refractivity contribution in [2.45, 2.75) is 9.79 Å². The lowest BCUT2D eigenvalue weighted by atomic mass is 10.3. The third-order valence-electron chi connectivity index (χ3n) is 4.17. The first-order valence-corrected chi connectivity index (χ1v) is 11.8. The van der Waals surface area contributed by atoms with E-state index in [1.807, 2.05) is 0 Å². The molecule has 0 aliphatic heterocycles. The van der Waals surface area contributed by atoms with Crippen LogP contribution in [0.4, 0.5) is 11.4 Å². The van der Waals surface area contributed by atoms with Gasteiger partial charge >= 0.3 is 0 Å². The van der Waals surface area contributed by atoms with E-state index in [1.165, 1.54) is 55.6 Å². The number of rotatable bonds is 7. The highest BCUT2D eigenvalue weighted by Gasteiger charge is 2.37. The van der Waals surface area contributed by atoms with Crippen LogP contribution in [0.15, 0.2) is 82.6 Å². The first-order valence-electron chi connectivity index (χ1n) is 8.52. The molecule has 0 radical (unpaired) electrons. The van der Waals surface area contributed by atoms with Crippen molar-refractivity contribution in [3.05, 3.63) is 87.9 Å². The molecule has 0 saturated heterocycles. The van der Waals surface area contributed by atoms with Gasteiger partial charge in [0.05, 0.1) is 27.5 Å². The Morgan fingerprint density at radius 3 is 1.97 bits per heavy atom. The smallest absolute Gasteiger partial charge is 0.289 e. The fraction of sp³-hybridized carbons (Fsp3) is 0.0526. The number of methoxy groups -OCH3 is 1. The fourth-order valence-electron chi connectivity index (χ4n) is 2.69. The molecule has 0 saturated carbocycles. The van der Waals surface area contributed by atoms with Crippen molar-refractivity contribution in [2.24, 2.45) is 0 Å². The second-order valence-corrected chi connectivity index (χ2v) is 10.3. The summed E-state index contributed by atoms with van der Waals surface area (Å²) in [5, 5.41) is 10.9. The third kappa shape index (κ3) is 4.33. The molecule has 31 heavy (non-hydrogen) atoms. The van der Waals surface area contributed by atoms with E-state index in [-0.39, 0.29) is 19.3 Å². The normalized spacial score (nSPS) is 11.7. The summed E-state index contributed by atoms with van der Waals surface area (Å²) in [6.07, 6.45) is 0. The molecule has 0 bridgehead atoms. The molecule has 0 fully saturated rings. The Bertz CT molecular complexity index is 1330. The number of hydrogen-bond acceptors (Lipinski definition) is 7. The highest BCUT2D eigenvalue weighted by molar-refractivity contribution is 8.10. The Hall–Kier alpha value is -3.15. The summed E-state index contributed by atoms with van der Waals surface area (Å²) >= 11 is 5.77. The summed E-state index contributed by atoms with van der Waals surface area (Å²) < 4.78 is 58.8. The van der Waals surface area contributed by atoms with E-state index in [0.717, 1.165) is 18.2 Å². The lowest BCUT2D eigenvalue weighted by Crippen LogP contribution is -2.37. The molecule has 0 atom stereocenters. The average molecular weight is 483 g/mol. The standard InChI is InChI=1S/C19H15ClN2O7S2/c1-29-15-7-9-16(10-8-15)30(25,26)22(14-5-3-2-4-6-14)31(27,28)17-11-12-18(20)19(13-17)21(23)24/h2-13H,1H3. The number of nitro groups is 1. The van der Waals surface area contributed by atoms with Crippen LogP contribution in [0.25, 0.3) is 0 Å². The minimum atomic E-state index is -4.80. The van der Waals surface area contributed by atoms with Gasteiger partial charge in [-0.1, -0.05) is 29.8 Å². The van der Waals surface area contributed by atoms with E-state index in [2.05, 4.69) is 0 Å². The monoisotopic (exact) mass is 482 g/mol. The average Bonchev–Trinajstić information content (AvgIpc) is 2.74. The van der Waals surface area contributed by atoms with E-state index in [4.69, 9.17) is 16.3 Å². The number of ether oxygens (including phenoxy) is 1. The molecule has 3 aromatic carbocycles. The van der Waals surface area contributed by atoms with Crippen molar-refractivity contribution in [1.82, 2.24) is 0 Å². The third-order valence-corrected chi connectivity index (χ3v) is 8.68. The Morgan fingerprint density at radius 2 is 1.42 bits per heavy atom. The Kier molecular flexibility index (Phi) is 6.20. The van der Waals surface area contributed by atoms with Gasteiger partial charge < -0.3 is 4.74 Å². The lowest BCUT2D eigenvalue weighted by molar-refractivity contribution is -0.384. The maximum atomic E-state index is 13.4. The van der Waals surface area contributed by atoms with Gasteiger partial charge in [-0.15, -0.1) is 0 Å². The predicted octanol–water partition coefficient (Wildman–Crippen LogP) is 3.84. The Balaban J connectivity index is 2.25. The van der Waals surface area contributed by atoms with Crippen molar-refractivity contribution in [1.29, 1.82) is 0 Å². The van der Waals surface area contributed by atoms with Gasteiger partial charge in [0, 0.05) is 6.07 Å². The topological polar surface area (TPSA) is 124 Å². The second kappa shape index (κ2) is 8.53. The van der Waals surface area contributed by atoms with E-state index in [1.54, 1.807) is 6.07 Å². The van der Waals surface area contributed by atoms with Crippen molar-refractivity contribution in [2.75, 3.05) is 10.8 Å². The molecule has 0 aliphatic carbocycles. The van der Waals surface area contributed by atoms with Crippen molar-refractivity contribution >= 4 is 43.0 Å². The summed E-state index contributed by atoms with van der Waals surface area (Å²) in [6, 6.07) is 15.0. The van der Waals surface area contributed by atoms with Crippen molar-refractivity contribution < 1.29 is 26.5 Å². The largest absolute Gasteiger partial charge is 0.497 e. The summed E-state index contributed by atoms with van der Waals surface area (Å²) in [5.41, 5.74) is -0.839. The molecule has 9 nitrogen and oxygen atoms in total. The molecular weight excluding hydrogens is 468 g/mol. The molecular formula is C19H15ClN2O7S2. The molecule has 162 valence electrons. The summed E-state index contributed by atoms with van der Waals surface area (Å²) in [7, 11) is -8.04. The van der Waals surface area contributed by atoms with Crippen LogP contribution in [0.1, 0.15) is 0 Å². The Labute approximate surface area is 183 Å². The van der Waals surface area contributed by atoms with Gasteiger partial charge in [0.15, 0.2) is 0 Å². The number of para-hydroxylation sites is 1. The highest BCUT2D eigenvalue weighted by atomic mass is 35.5. The van der Waals surface area contributed by atoms with Gasteiger partial charge in [-0.25, -0.2) is 16.8 Å². The van der Waals surface area contributed by atoms with Gasteiger partial charge in [0.25, 0.3) is 25.7 Å². The van der Waals surface area contributed by atoms with Gasteiger partial charge in [-0.05, 0) is 48.5 Å². The van der Waals surface area contributed by atoms with Gasteiger partial charge in [-0.3, -0.25) is 10.1 Å². The van der Waals surface area contributed by atoms with Crippen LogP contribution in [0, 0.1) is 10.1 Å². The zero-order valence-corrected chi connectivity index (χ0v) is 18.3. The zero-order chi connectivity index (χ0) is 22.8. The molecule has 0 aliphatic rings. The van der Waals surface area contributed by atoms with Gasteiger partial charge in [-0.2, -0.15) is 3.71 Å². The minimum Gasteiger partial charge on any atom is -0.497 e. The van der Waals surface area contributed by atoms with Crippen LogP contribution in [0.5, 0.6) is 5.75 Å². The number of nitrogens with zero attached hydrogens (tertiary/aromatic N) is 2. The minimum absolute atomic E-state index is 0.170. The zero-order valence-electron chi connectivity index (χ0n) is 15.9. The van der Waals surface area contributed by atoms with Crippen LogP contribution < -0.4 is 8.45 Å². The van der Waals surface area contributed by atoms with Crippen molar-refractivity contribution in [3.63, 3.8) is 0 Å². The SMILES string of the molecule is COc1ccc(S(=O)(=O)N(c2ccccc2)S(=O)(=O)c2ccc(Cl)c([N+](=O)[O-])c2)cc1. The first kappa shape index (κ1) is 22.5. The number of sulfonamides is 2. The molecule has 0 unspecified atom stereocenters. The predicted molar refractivity (Wildman–Crippen MR) is 114 cm³/mol. The second-order valence-electron chi connectivity index (χ2n) is 6.09. The maximum absolute atomic E-state index is 13.4. The summed E-state index contributed by atoms with van der Waals surface area (Å²) in [4.78, 5) is 9.42. The summed E-state index contributed by atoms with van der Waals surface area (Å²) in [6.45, 7) is 0. The fourth-order valence-corrected chi connectivity index (χ4v) is 6.59. The molecule has 0 aromatic heterocycles. The number of halogens is 1. The van der Waals surface area contributed by atoms with Crippen LogP contribution in [0.2, 0.25) is 5.02 Å². The molecule has 0 amide bonds. The highest BCUT2D eigenvalue weighted by Crippen LogP contribution is 2.34. The van der Waals surface area contributed by atoms with Crippen molar-refractivity contribution in [3.8, 4) is 5.75 Å². The number of benzene rings is 3.